The van der Waals surface area contributed by atoms with Crippen LogP contribution in [0.25, 0.3) is 11.0 Å². The highest BCUT2D eigenvalue weighted by atomic mass is 32.2. The Kier molecular flexibility index (Phi) is 3.96. The third-order valence-electron chi connectivity index (χ3n) is 4.45. The van der Waals surface area contributed by atoms with Crippen molar-refractivity contribution in [2.45, 2.75) is 30.8 Å². The van der Waals surface area contributed by atoms with Gasteiger partial charge in [0.2, 0.25) is 10.0 Å². The molecule has 0 atom stereocenters. The first-order valence-corrected chi connectivity index (χ1v) is 8.82. The monoisotopic (exact) mass is 323 g/mol. The molecule has 3 rings (SSSR count). The average Bonchev–Trinajstić information content (AvgIpc) is 2.90. The molecule has 6 nitrogen and oxygen atoms in total. The maximum atomic E-state index is 12.9. The number of benzene rings is 1. The van der Waals surface area contributed by atoms with Crippen molar-refractivity contribution in [1.82, 2.24) is 13.9 Å². The van der Waals surface area contributed by atoms with E-state index in [1.54, 1.807) is 23.8 Å². The number of hydrogen-bond acceptors (Lipinski definition) is 4. The Hall–Kier alpha value is -1.44. The number of methoxy groups -OCH3 is 1. The van der Waals surface area contributed by atoms with Crippen molar-refractivity contribution in [2.75, 3.05) is 20.2 Å². The lowest BCUT2D eigenvalue weighted by Gasteiger charge is -2.30. The van der Waals surface area contributed by atoms with Crippen molar-refractivity contribution in [3.05, 3.63) is 24.0 Å². The maximum Gasteiger partial charge on any atom is 0.243 e. The molecular weight excluding hydrogens is 302 g/mol. The van der Waals surface area contributed by atoms with Crippen molar-refractivity contribution in [3.63, 3.8) is 0 Å². The topological polar surface area (TPSA) is 64.4 Å². The van der Waals surface area contributed by atoms with E-state index < -0.39 is 10.0 Å². The van der Waals surface area contributed by atoms with Gasteiger partial charge in [-0.1, -0.05) is 0 Å². The minimum absolute atomic E-state index is 0.158. The quantitative estimate of drug-likeness (QED) is 0.862. The van der Waals surface area contributed by atoms with Crippen LogP contribution in [-0.4, -0.2) is 48.6 Å². The molecule has 0 unspecified atom stereocenters. The number of imidazole rings is 1. The molecule has 2 aromatic rings. The molecule has 1 aromatic heterocycles. The van der Waals surface area contributed by atoms with Gasteiger partial charge in [-0.15, -0.1) is 0 Å². The highest BCUT2D eigenvalue weighted by Gasteiger charge is 2.31. The van der Waals surface area contributed by atoms with Gasteiger partial charge >= 0.3 is 0 Å². The van der Waals surface area contributed by atoms with E-state index in [0.29, 0.717) is 23.5 Å². The molecule has 0 saturated carbocycles. The van der Waals surface area contributed by atoms with E-state index in [4.69, 9.17) is 4.74 Å². The molecule has 0 radical (unpaired) electrons. The van der Waals surface area contributed by atoms with Crippen LogP contribution in [0.1, 0.15) is 18.4 Å². The zero-order chi connectivity index (χ0) is 15.9. The number of nitrogens with zero attached hydrogens (tertiary/aromatic N) is 3. The summed E-state index contributed by atoms with van der Waals surface area (Å²) in [7, 11) is 0.0978. The van der Waals surface area contributed by atoms with E-state index in [2.05, 4.69) is 4.98 Å². The molecule has 120 valence electrons. The Labute approximate surface area is 130 Å². The lowest BCUT2D eigenvalue weighted by atomic mass is 10.1. The lowest BCUT2D eigenvalue weighted by molar-refractivity contribution is 0.0604. The first-order chi connectivity index (χ1) is 10.4. The Morgan fingerprint density at radius 1 is 1.27 bits per heavy atom. The number of rotatable bonds is 3. The third kappa shape index (κ3) is 2.43. The molecule has 1 aliphatic heterocycles. The van der Waals surface area contributed by atoms with E-state index in [1.807, 2.05) is 24.6 Å². The van der Waals surface area contributed by atoms with Crippen LogP contribution in [0.4, 0.5) is 0 Å². The van der Waals surface area contributed by atoms with Gasteiger partial charge in [-0.05, 0) is 37.5 Å². The second kappa shape index (κ2) is 5.64. The number of fused-ring (bicyclic) bond motifs is 1. The smallest absolute Gasteiger partial charge is 0.243 e. The Morgan fingerprint density at radius 2 is 1.95 bits per heavy atom. The van der Waals surface area contributed by atoms with Crippen LogP contribution in [0.2, 0.25) is 0 Å². The Balaban J connectivity index is 1.97. The number of hydrogen-bond donors (Lipinski definition) is 0. The fourth-order valence-electron chi connectivity index (χ4n) is 3.05. The molecule has 0 bridgehead atoms. The number of ether oxygens (including phenoxy) is 1. The fraction of sp³-hybridized carbons (Fsp3) is 0.533. The molecular formula is C15H21N3O3S. The van der Waals surface area contributed by atoms with Crippen molar-refractivity contribution >= 4 is 21.1 Å². The predicted molar refractivity (Wildman–Crippen MR) is 84.2 cm³/mol. The van der Waals surface area contributed by atoms with E-state index in [1.165, 1.54) is 0 Å². The maximum absolute atomic E-state index is 12.9. The van der Waals surface area contributed by atoms with Gasteiger partial charge in [-0.3, -0.25) is 0 Å². The highest BCUT2D eigenvalue weighted by Crippen LogP contribution is 2.28. The molecule has 0 amide bonds. The standard InChI is InChI=1S/C15H21N3O3S/c1-11-14(5-4-13-15(11)16-10-17(13)2)22(19,20)18-8-6-12(21-3)7-9-18/h4-5,10,12H,6-9H2,1-3H3. The largest absolute Gasteiger partial charge is 0.381 e. The van der Waals surface area contributed by atoms with Crippen LogP contribution in [0.3, 0.4) is 0 Å². The fourth-order valence-corrected chi connectivity index (χ4v) is 4.74. The van der Waals surface area contributed by atoms with Crippen LogP contribution < -0.4 is 0 Å². The number of aryl methyl sites for hydroxylation is 2. The molecule has 1 saturated heterocycles. The van der Waals surface area contributed by atoms with Crippen LogP contribution in [0.5, 0.6) is 0 Å². The van der Waals surface area contributed by atoms with Gasteiger partial charge in [-0.25, -0.2) is 13.4 Å². The van der Waals surface area contributed by atoms with Crippen molar-refractivity contribution < 1.29 is 13.2 Å². The summed E-state index contributed by atoms with van der Waals surface area (Å²) < 4.78 is 34.6. The van der Waals surface area contributed by atoms with Crippen LogP contribution >= 0.6 is 0 Å². The van der Waals surface area contributed by atoms with Gasteiger partial charge in [0.15, 0.2) is 0 Å². The second-order valence-electron chi connectivity index (χ2n) is 5.75. The van der Waals surface area contributed by atoms with E-state index in [-0.39, 0.29) is 6.10 Å². The third-order valence-corrected chi connectivity index (χ3v) is 6.50. The average molecular weight is 323 g/mol. The Bertz CT molecular complexity index is 790. The number of piperidine rings is 1. The molecule has 0 aliphatic carbocycles. The van der Waals surface area contributed by atoms with Crippen molar-refractivity contribution in [2.24, 2.45) is 7.05 Å². The summed E-state index contributed by atoms with van der Waals surface area (Å²) >= 11 is 0. The predicted octanol–water partition coefficient (Wildman–Crippen LogP) is 1.68. The first-order valence-electron chi connectivity index (χ1n) is 7.38. The molecule has 0 spiro atoms. The zero-order valence-corrected chi connectivity index (χ0v) is 13.9. The minimum atomic E-state index is -3.48. The number of aromatic nitrogens is 2. The van der Waals surface area contributed by atoms with Crippen molar-refractivity contribution in [3.8, 4) is 0 Å². The van der Waals surface area contributed by atoms with E-state index in [0.717, 1.165) is 23.9 Å². The van der Waals surface area contributed by atoms with Crippen LogP contribution in [-0.2, 0) is 21.8 Å². The minimum Gasteiger partial charge on any atom is -0.381 e. The van der Waals surface area contributed by atoms with E-state index in [9.17, 15) is 8.42 Å². The SMILES string of the molecule is COC1CCN(S(=O)(=O)c2ccc3c(ncn3C)c2C)CC1. The summed E-state index contributed by atoms with van der Waals surface area (Å²) in [6.07, 6.45) is 3.34. The number of sulfonamides is 1. The molecule has 22 heavy (non-hydrogen) atoms. The van der Waals surface area contributed by atoms with Crippen LogP contribution in [0, 0.1) is 6.92 Å². The molecule has 0 N–H and O–H groups in total. The summed E-state index contributed by atoms with van der Waals surface area (Å²) in [5.41, 5.74) is 2.40. The Morgan fingerprint density at radius 3 is 2.59 bits per heavy atom. The normalized spacial score (nSPS) is 18.1. The van der Waals surface area contributed by atoms with Gasteiger partial charge in [0.05, 0.1) is 28.4 Å². The lowest BCUT2D eigenvalue weighted by Crippen LogP contribution is -2.40. The van der Waals surface area contributed by atoms with Gasteiger partial charge < -0.3 is 9.30 Å². The summed E-state index contributed by atoms with van der Waals surface area (Å²) in [6, 6.07) is 3.52. The van der Waals surface area contributed by atoms with Crippen molar-refractivity contribution in [1.29, 1.82) is 0 Å². The second-order valence-corrected chi connectivity index (χ2v) is 7.66. The first kappa shape index (κ1) is 15.5. The highest BCUT2D eigenvalue weighted by molar-refractivity contribution is 7.89. The van der Waals surface area contributed by atoms with Gasteiger partial charge in [0.25, 0.3) is 0 Å². The van der Waals surface area contributed by atoms with Gasteiger partial charge in [0, 0.05) is 27.2 Å². The van der Waals surface area contributed by atoms with Crippen LogP contribution in [0.15, 0.2) is 23.4 Å². The van der Waals surface area contributed by atoms with Gasteiger partial charge in [-0.2, -0.15) is 4.31 Å². The molecule has 7 heteroatoms. The summed E-state index contributed by atoms with van der Waals surface area (Å²) in [5.74, 6) is 0. The molecule has 1 aliphatic rings. The van der Waals surface area contributed by atoms with Gasteiger partial charge in [0.1, 0.15) is 0 Å². The summed E-state index contributed by atoms with van der Waals surface area (Å²) in [5, 5.41) is 0. The summed E-state index contributed by atoms with van der Waals surface area (Å²) in [4.78, 5) is 4.68. The molecule has 1 aromatic carbocycles. The van der Waals surface area contributed by atoms with E-state index >= 15 is 0 Å². The molecule has 1 fully saturated rings. The summed E-state index contributed by atoms with van der Waals surface area (Å²) in [6.45, 7) is 2.82. The zero-order valence-electron chi connectivity index (χ0n) is 13.1. The molecule has 2 heterocycles.